The van der Waals surface area contributed by atoms with Gasteiger partial charge in [0.25, 0.3) is 0 Å². The van der Waals surface area contributed by atoms with E-state index in [1.165, 1.54) is 5.56 Å². The van der Waals surface area contributed by atoms with Crippen LogP contribution in [0.3, 0.4) is 0 Å². The summed E-state index contributed by atoms with van der Waals surface area (Å²) < 4.78 is 5.86. The lowest BCUT2D eigenvalue weighted by Gasteiger charge is -2.43. The molecule has 1 heterocycles. The molecule has 0 spiro atoms. The third kappa shape index (κ3) is 4.94. The molecule has 0 radical (unpaired) electrons. The molecule has 1 aliphatic heterocycles. The number of Topliss-reactive ketones (excluding diaryl/α,β-unsaturated/α-hetero) is 1. The molecule has 4 nitrogen and oxygen atoms in total. The molecule has 2 atom stereocenters. The minimum absolute atomic E-state index is 0.0611. The molecule has 1 saturated heterocycles. The Balaban J connectivity index is 1.67. The Hall–Kier alpha value is -2.46. The van der Waals surface area contributed by atoms with Crippen molar-refractivity contribution in [3.63, 3.8) is 0 Å². The van der Waals surface area contributed by atoms with Crippen molar-refractivity contribution in [3.05, 3.63) is 71.3 Å². The highest BCUT2D eigenvalue weighted by molar-refractivity contribution is 5.88. The molecule has 2 unspecified atom stereocenters. The Morgan fingerprint density at radius 3 is 2.38 bits per heavy atom. The quantitative estimate of drug-likeness (QED) is 0.651. The molecule has 0 aromatic heterocycles. The number of hydrogen-bond acceptors (Lipinski definition) is 4. The van der Waals surface area contributed by atoms with Gasteiger partial charge in [-0.05, 0) is 36.1 Å². The first kappa shape index (κ1) is 21.3. The highest BCUT2D eigenvalue weighted by Crippen LogP contribution is 2.33. The number of hydrogen-bond donors (Lipinski definition) is 0. The average Bonchev–Trinajstić information content (AvgIpc) is 2.71. The van der Waals surface area contributed by atoms with Gasteiger partial charge in [0, 0.05) is 19.4 Å². The van der Waals surface area contributed by atoms with Gasteiger partial charge in [-0.1, -0.05) is 75.4 Å². The fourth-order valence-corrected chi connectivity index (χ4v) is 3.99. The Labute approximate surface area is 173 Å². The first-order chi connectivity index (χ1) is 13.8. The van der Waals surface area contributed by atoms with E-state index in [1.54, 1.807) is 0 Å². The Kier molecular flexibility index (Phi) is 6.53. The van der Waals surface area contributed by atoms with Crippen LogP contribution in [0.2, 0.25) is 0 Å². The number of likely N-dealkylation sites (N-methyl/N-ethyl adjacent to an activating group) is 1. The lowest BCUT2D eigenvalue weighted by molar-refractivity contribution is -0.183. The normalized spacial score (nSPS) is 22.5. The molecule has 0 N–H and O–H groups in total. The average molecular weight is 394 g/mol. The van der Waals surface area contributed by atoms with Crippen LogP contribution in [0.1, 0.15) is 56.7 Å². The molecule has 154 valence electrons. The summed E-state index contributed by atoms with van der Waals surface area (Å²) in [6, 6.07) is 17.5. The van der Waals surface area contributed by atoms with E-state index >= 15 is 0 Å². The van der Waals surface area contributed by atoms with Crippen LogP contribution in [0, 0.1) is 0 Å². The number of esters is 1. The lowest BCUT2D eigenvalue weighted by atomic mass is 9.91. The molecule has 3 rings (SSSR count). The van der Waals surface area contributed by atoms with Crippen LogP contribution in [-0.4, -0.2) is 35.8 Å². The maximum atomic E-state index is 12.8. The topological polar surface area (TPSA) is 46.6 Å². The van der Waals surface area contributed by atoms with Gasteiger partial charge in [-0.15, -0.1) is 0 Å². The molecular weight excluding hydrogens is 362 g/mol. The number of carbonyl (C=O) groups excluding carboxylic acids is 2. The maximum Gasteiger partial charge on any atom is 0.324 e. The van der Waals surface area contributed by atoms with E-state index in [1.807, 2.05) is 56.3 Å². The zero-order valence-electron chi connectivity index (χ0n) is 17.9. The number of morpholine rings is 1. The molecule has 1 aliphatic rings. The fourth-order valence-electron chi connectivity index (χ4n) is 3.99. The van der Waals surface area contributed by atoms with E-state index in [0.717, 1.165) is 11.1 Å². The van der Waals surface area contributed by atoms with E-state index in [-0.39, 0.29) is 18.2 Å². The van der Waals surface area contributed by atoms with Crippen molar-refractivity contribution >= 4 is 11.8 Å². The van der Waals surface area contributed by atoms with Crippen molar-refractivity contribution in [2.75, 3.05) is 13.1 Å². The number of rotatable bonds is 7. The third-order valence-corrected chi connectivity index (χ3v) is 5.80. The minimum atomic E-state index is -0.694. The van der Waals surface area contributed by atoms with Crippen molar-refractivity contribution in [3.8, 4) is 0 Å². The summed E-state index contributed by atoms with van der Waals surface area (Å²) in [5.74, 6) is 0.216. The molecule has 0 saturated carbocycles. The van der Waals surface area contributed by atoms with Crippen LogP contribution < -0.4 is 0 Å². The Bertz CT molecular complexity index is 844. The van der Waals surface area contributed by atoms with Crippen LogP contribution in [0.25, 0.3) is 0 Å². The van der Waals surface area contributed by atoms with Gasteiger partial charge in [0.2, 0.25) is 0 Å². The van der Waals surface area contributed by atoms with Crippen molar-refractivity contribution in [1.29, 1.82) is 0 Å². The molecule has 0 amide bonds. The number of benzene rings is 2. The number of ether oxygens (including phenoxy) is 1. The third-order valence-electron chi connectivity index (χ3n) is 5.80. The SMILES string of the molecule is CCN1CC(C)(c2ccccc2)OC(=O)C1CC(=O)Cc1ccc(C(C)C)cc1. The van der Waals surface area contributed by atoms with Gasteiger partial charge >= 0.3 is 5.97 Å². The van der Waals surface area contributed by atoms with E-state index in [2.05, 4.69) is 30.9 Å². The second kappa shape index (κ2) is 8.91. The van der Waals surface area contributed by atoms with Crippen molar-refractivity contribution in [2.45, 2.75) is 58.1 Å². The van der Waals surface area contributed by atoms with Gasteiger partial charge in [0.05, 0.1) is 0 Å². The highest BCUT2D eigenvalue weighted by atomic mass is 16.6. The van der Waals surface area contributed by atoms with Crippen LogP contribution in [0.15, 0.2) is 54.6 Å². The van der Waals surface area contributed by atoms with Gasteiger partial charge in [-0.3, -0.25) is 14.5 Å². The zero-order valence-corrected chi connectivity index (χ0v) is 17.9. The second-order valence-corrected chi connectivity index (χ2v) is 8.41. The van der Waals surface area contributed by atoms with Gasteiger partial charge in [0.1, 0.15) is 17.4 Å². The molecule has 1 fully saturated rings. The Morgan fingerprint density at radius 2 is 1.79 bits per heavy atom. The van der Waals surface area contributed by atoms with E-state index in [0.29, 0.717) is 25.4 Å². The number of ketones is 1. The molecular formula is C25H31NO3. The Morgan fingerprint density at radius 1 is 1.14 bits per heavy atom. The van der Waals surface area contributed by atoms with Crippen molar-refractivity contribution in [1.82, 2.24) is 4.90 Å². The van der Waals surface area contributed by atoms with Crippen molar-refractivity contribution in [2.24, 2.45) is 0 Å². The molecule has 2 aromatic rings. The smallest absolute Gasteiger partial charge is 0.324 e. The summed E-state index contributed by atoms with van der Waals surface area (Å²) in [7, 11) is 0. The molecule has 2 aromatic carbocycles. The highest BCUT2D eigenvalue weighted by Gasteiger charge is 2.44. The molecule has 0 aliphatic carbocycles. The number of carbonyl (C=O) groups is 2. The van der Waals surface area contributed by atoms with E-state index < -0.39 is 11.6 Å². The largest absolute Gasteiger partial charge is 0.452 e. The summed E-state index contributed by atoms with van der Waals surface area (Å²) in [5.41, 5.74) is 2.53. The molecule has 4 heteroatoms. The van der Waals surface area contributed by atoms with Crippen LogP contribution in [0.4, 0.5) is 0 Å². The van der Waals surface area contributed by atoms with E-state index in [4.69, 9.17) is 4.74 Å². The summed E-state index contributed by atoms with van der Waals surface area (Å²) in [6.07, 6.45) is 0.527. The predicted molar refractivity (Wildman–Crippen MR) is 115 cm³/mol. The maximum absolute atomic E-state index is 12.8. The van der Waals surface area contributed by atoms with Gasteiger partial charge < -0.3 is 4.74 Å². The monoisotopic (exact) mass is 393 g/mol. The van der Waals surface area contributed by atoms with Crippen molar-refractivity contribution < 1.29 is 14.3 Å². The number of cyclic esters (lactones) is 1. The summed E-state index contributed by atoms with van der Waals surface area (Å²) in [6.45, 7) is 9.54. The number of nitrogens with zero attached hydrogens (tertiary/aromatic N) is 1. The first-order valence-corrected chi connectivity index (χ1v) is 10.5. The summed E-state index contributed by atoms with van der Waals surface area (Å²) >= 11 is 0. The van der Waals surface area contributed by atoms with Crippen LogP contribution in [-0.2, 0) is 26.3 Å². The minimum Gasteiger partial charge on any atom is -0.452 e. The molecule has 0 bridgehead atoms. The van der Waals surface area contributed by atoms with E-state index in [9.17, 15) is 9.59 Å². The summed E-state index contributed by atoms with van der Waals surface area (Å²) in [4.78, 5) is 27.6. The lowest BCUT2D eigenvalue weighted by Crippen LogP contribution is -2.57. The van der Waals surface area contributed by atoms with Gasteiger partial charge in [-0.25, -0.2) is 0 Å². The zero-order chi connectivity index (χ0) is 21.0. The van der Waals surface area contributed by atoms with Gasteiger partial charge in [0.15, 0.2) is 0 Å². The fraction of sp³-hybridized carbons (Fsp3) is 0.440. The first-order valence-electron chi connectivity index (χ1n) is 10.5. The molecule has 29 heavy (non-hydrogen) atoms. The predicted octanol–water partition coefficient (Wildman–Crippen LogP) is 4.47. The standard InChI is InChI=1S/C25H31NO3/c1-5-26-17-25(4,21-9-7-6-8-10-21)29-24(28)23(26)16-22(27)15-19-11-13-20(14-12-19)18(2)3/h6-14,18,23H,5,15-17H2,1-4H3. The summed E-state index contributed by atoms with van der Waals surface area (Å²) in [5, 5.41) is 0. The van der Waals surface area contributed by atoms with Gasteiger partial charge in [-0.2, -0.15) is 0 Å². The van der Waals surface area contributed by atoms with Crippen LogP contribution >= 0.6 is 0 Å². The second-order valence-electron chi connectivity index (χ2n) is 8.41. The van der Waals surface area contributed by atoms with Crippen LogP contribution in [0.5, 0.6) is 0 Å².